The second-order valence-corrected chi connectivity index (χ2v) is 3.66. The van der Waals surface area contributed by atoms with E-state index >= 15 is 0 Å². The summed E-state index contributed by atoms with van der Waals surface area (Å²) in [5.41, 5.74) is -0.880. The van der Waals surface area contributed by atoms with E-state index < -0.39 is 11.9 Å². The molecule has 0 atom stereocenters. The van der Waals surface area contributed by atoms with E-state index in [2.05, 4.69) is 19.9 Å². The van der Waals surface area contributed by atoms with Crippen molar-refractivity contribution in [3.63, 3.8) is 0 Å². The van der Waals surface area contributed by atoms with E-state index in [9.17, 15) is 13.2 Å². The van der Waals surface area contributed by atoms with Crippen molar-refractivity contribution in [2.24, 2.45) is 0 Å². The summed E-state index contributed by atoms with van der Waals surface area (Å²) >= 11 is 0. The van der Waals surface area contributed by atoms with Gasteiger partial charge < -0.3 is 0 Å². The molecule has 94 valence electrons. The Bertz CT molecular complexity index is 560. The molecule has 0 aromatic carbocycles. The zero-order valence-electron chi connectivity index (χ0n) is 9.65. The van der Waals surface area contributed by atoms with Crippen molar-refractivity contribution in [2.45, 2.75) is 20.0 Å². The van der Waals surface area contributed by atoms with Crippen LogP contribution >= 0.6 is 0 Å². The van der Waals surface area contributed by atoms with Gasteiger partial charge in [-0.05, 0) is 26.0 Å². The van der Waals surface area contributed by atoms with Crippen molar-refractivity contribution in [2.75, 3.05) is 0 Å². The van der Waals surface area contributed by atoms with Gasteiger partial charge in [0.05, 0.1) is 0 Å². The highest BCUT2D eigenvalue weighted by atomic mass is 19.4. The summed E-state index contributed by atoms with van der Waals surface area (Å²) in [5, 5.41) is 0. The van der Waals surface area contributed by atoms with Crippen molar-refractivity contribution in [1.29, 1.82) is 0 Å². The summed E-state index contributed by atoms with van der Waals surface area (Å²) in [7, 11) is 0. The molecule has 0 N–H and O–H groups in total. The maximum absolute atomic E-state index is 12.5. The molecule has 0 aliphatic heterocycles. The molecule has 4 nitrogen and oxygen atoms in total. The van der Waals surface area contributed by atoms with Crippen molar-refractivity contribution < 1.29 is 13.2 Å². The Morgan fingerprint density at radius 3 is 2.06 bits per heavy atom. The molecule has 0 bridgehead atoms. The number of nitrogens with zero attached hydrogens (tertiary/aromatic N) is 4. The third kappa shape index (κ3) is 2.61. The van der Waals surface area contributed by atoms with Crippen LogP contribution in [0.4, 0.5) is 13.2 Å². The lowest BCUT2D eigenvalue weighted by Gasteiger charge is -2.07. The normalized spacial score (nSPS) is 11.6. The van der Waals surface area contributed by atoms with Gasteiger partial charge in [0.25, 0.3) is 0 Å². The maximum Gasteiger partial charge on any atom is 0.433 e. The van der Waals surface area contributed by atoms with Gasteiger partial charge in [0.1, 0.15) is 23.0 Å². The molecule has 0 saturated carbocycles. The minimum absolute atomic E-state index is 0.0819. The molecule has 0 fully saturated rings. The molecule has 2 heterocycles. The fraction of sp³-hybridized carbons (Fsp3) is 0.273. The molecule has 0 radical (unpaired) electrons. The number of alkyl halides is 3. The van der Waals surface area contributed by atoms with Crippen molar-refractivity contribution in [3.05, 3.63) is 35.5 Å². The van der Waals surface area contributed by atoms with Gasteiger partial charge in [-0.2, -0.15) is 13.2 Å². The van der Waals surface area contributed by atoms with E-state index in [1.54, 1.807) is 13.8 Å². The molecule has 18 heavy (non-hydrogen) atoms. The van der Waals surface area contributed by atoms with Crippen molar-refractivity contribution in [3.8, 4) is 11.5 Å². The van der Waals surface area contributed by atoms with Gasteiger partial charge in [-0.1, -0.05) is 6.07 Å². The molecule has 0 spiro atoms. The van der Waals surface area contributed by atoms with E-state index in [1.807, 2.05) is 0 Å². The second kappa shape index (κ2) is 4.32. The Hall–Kier alpha value is -2.05. The van der Waals surface area contributed by atoms with Crippen LogP contribution in [-0.2, 0) is 6.18 Å². The molecule has 0 aliphatic rings. The lowest BCUT2D eigenvalue weighted by atomic mass is 10.3. The van der Waals surface area contributed by atoms with Gasteiger partial charge in [0, 0.05) is 0 Å². The van der Waals surface area contributed by atoms with E-state index in [0.717, 1.165) is 6.07 Å². The van der Waals surface area contributed by atoms with Crippen LogP contribution in [0.2, 0.25) is 0 Å². The van der Waals surface area contributed by atoms with Gasteiger partial charge >= 0.3 is 6.18 Å². The second-order valence-electron chi connectivity index (χ2n) is 3.66. The van der Waals surface area contributed by atoms with Gasteiger partial charge in [-0.25, -0.2) is 19.9 Å². The quantitative estimate of drug-likeness (QED) is 0.784. The topological polar surface area (TPSA) is 51.6 Å². The fourth-order valence-electron chi connectivity index (χ4n) is 1.45. The molecule has 7 heteroatoms. The number of pyridine rings is 1. The molecule has 2 aromatic heterocycles. The van der Waals surface area contributed by atoms with Crippen molar-refractivity contribution >= 4 is 0 Å². The van der Waals surface area contributed by atoms with E-state index in [-0.39, 0.29) is 11.5 Å². The van der Waals surface area contributed by atoms with Crippen LogP contribution in [0.5, 0.6) is 0 Å². The van der Waals surface area contributed by atoms with Gasteiger partial charge in [0.2, 0.25) is 0 Å². The molecule has 0 saturated heterocycles. The standard InChI is InChI=1S/C11H9F3N4/c1-6-15-7(2)17-10(16-6)8-4-3-5-9(18-8)11(12,13)14/h3-5H,1-2H3. The summed E-state index contributed by atoms with van der Waals surface area (Å²) < 4.78 is 37.6. The maximum atomic E-state index is 12.5. The predicted molar refractivity (Wildman–Crippen MR) is 57.5 cm³/mol. The Labute approximate surface area is 101 Å². The number of hydrogen-bond donors (Lipinski definition) is 0. The van der Waals surface area contributed by atoms with Crippen LogP contribution in [0.1, 0.15) is 17.3 Å². The zero-order valence-corrected chi connectivity index (χ0v) is 9.65. The lowest BCUT2D eigenvalue weighted by Crippen LogP contribution is -2.09. The first-order valence-electron chi connectivity index (χ1n) is 5.10. The number of aryl methyl sites for hydroxylation is 2. The Balaban J connectivity index is 2.51. The first-order chi connectivity index (χ1) is 8.36. The average Bonchev–Trinajstić information content (AvgIpc) is 2.27. The van der Waals surface area contributed by atoms with Crippen LogP contribution in [0, 0.1) is 13.8 Å². The molecular formula is C11H9F3N4. The third-order valence-corrected chi connectivity index (χ3v) is 2.13. The first kappa shape index (κ1) is 12.4. The highest BCUT2D eigenvalue weighted by molar-refractivity contribution is 5.49. The Kier molecular flexibility index (Phi) is 2.98. The highest BCUT2D eigenvalue weighted by Gasteiger charge is 2.32. The van der Waals surface area contributed by atoms with Crippen LogP contribution in [0.15, 0.2) is 18.2 Å². The van der Waals surface area contributed by atoms with E-state index in [4.69, 9.17) is 0 Å². The van der Waals surface area contributed by atoms with E-state index in [1.165, 1.54) is 12.1 Å². The zero-order chi connectivity index (χ0) is 13.3. The number of halogens is 3. The number of aromatic nitrogens is 4. The largest absolute Gasteiger partial charge is 0.433 e. The molecule has 0 amide bonds. The highest BCUT2D eigenvalue weighted by Crippen LogP contribution is 2.28. The van der Waals surface area contributed by atoms with E-state index in [0.29, 0.717) is 11.6 Å². The Morgan fingerprint density at radius 2 is 1.50 bits per heavy atom. The van der Waals surface area contributed by atoms with Crippen LogP contribution in [0.25, 0.3) is 11.5 Å². The molecule has 0 unspecified atom stereocenters. The smallest absolute Gasteiger partial charge is 0.240 e. The number of rotatable bonds is 1. The van der Waals surface area contributed by atoms with Crippen LogP contribution in [0.3, 0.4) is 0 Å². The molecule has 0 aliphatic carbocycles. The van der Waals surface area contributed by atoms with Gasteiger partial charge in [-0.15, -0.1) is 0 Å². The third-order valence-electron chi connectivity index (χ3n) is 2.13. The average molecular weight is 254 g/mol. The monoisotopic (exact) mass is 254 g/mol. The molecule has 2 rings (SSSR count). The summed E-state index contributed by atoms with van der Waals surface area (Å²) in [4.78, 5) is 15.4. The Morgan fingerprint density at radius 1 is 0.889 bits per heavy atom. The van der Waals surface area contributed by atoms with Crippen LogP contribution in [-0.4, -0.2) is 19.9 Å². The minimum atomic E-state index is -4.48. The SMILES string of the molecule is Cc1nc(C)nc(-c2cccc(C(F)(F)F)n2)n1. The first-order valence-corrected chi connectivity index (χ1v) is 5.10. The summed E-state index contributed by atoms with van der Waals surface area (Å²) in [6, 6.07) is 3.62. The lowest BCUT2D eigenvalue weighted by molar-refractivity contribution is -0.141. The minimum Gasteiger partial charge on any atom is -0.240 e. The van der Waals surface area contributed by atoms with Gasteiger partial charge in [-0.3, -0.25) is 0 Å². The predicted octanol–water partition coefficient (Wildman–Crippen LogP) is 2.57. The summed E-state index contributed by atoms with van der Waals surface area (Å²) in [6.07, 6.45) is -4.48. The number of hydrogen-bond acceptors (Lipinski definition) is 4. The molecule has 2 aromatic rings. The van der Waals surface area contributed by atoms with Gasteiger partial charge in [0.15, 0.2) is 5.82 Å². The van der Waals surface area contributed by atoms with Crippen molar-refractivity contribution in [1.82, 2.24) is 19.9 Å². The summed E-state index contributed by atoms with van der Waals surface area (Å²) in [6.45, 7) is 3.29. The van der Waals surface area contributed by atoms with Crippen LogP contribution < -0.4 is 0 Å². The molecular weight excluding hydrogens is 245 g/mol. The fourth-order valence-corrected chi connectivity index (χ4v) is 1.45. The summed E-state index contributed by atoms with van der Waals surface area (Å²) in [5.74, 6) is 1.03.